The number of aliphatic hydroxyl groups is 1. The average Bonchev–Trinajstić information content (AvgIpc) is 3.40. The number of fused-ring (bicyclic) bond motifs is 1. The molecule has 1 aromatic heterocycles. The fraction of sp³-hybridized carbons (Fsp3) is 0.364. The van der Waals surface area contributed by atoms with Crippen molar-refractivity contribution >= 4 is 15.9 Å². The molecule has 0 aliphatic carbocycles. The second-order valence-electron chi connectivity index (χ2n) is 7.99. The van der Waals surface area contributed by atoms with E-state index < -0.39 is 15.9 Å². The number of nitrogens with zero attached hydrogens (tertiary/aromatic N) is 3. The van der Waals surface area contributed by atoms with Crippen molar-refractivity contribution in [2.24, 2.45) is 0 Å². The van der Waals surface area contributed by atoms with Gasteiger partial charge in [-0.2, -0.15) is 4.31 Å². The van der Waals surface area contributed by atoms with Crippen LogP contribution in [-0.4, -0.2) is 79.6 Å². The molecule has 5 rings (SSSR count). The average molecular weight is 458 g/mol. The maximum Gasteiger partial charge on any atom is 0.257 e. The van der Waals surface area contributed by atoms with E-state index in [0.717, 1.165) is 16.7 Å². The van der Waals surface area contributed by atoms with Crippen LogP contribution in [0.1, 0.15) is 11.5 Å². The fourth-order valence-electron chi connectivity index (χ4n) is 4.31. The number of hydrogen-bond donors (Lipinski definition) is 1. The van der Waals surface area contributed by atoms with Gasteiger partial charge in [0.05, 0.1) is 18.7 Å². The first-order valence-electron chi connectivity index (χ1n) is 10.4. The fourth-order valence-corrected chi connectivity index (χ4v) is 5.70. The van der Waals surface area contributed by atoms with Gasteiger partial charge in [-0.25, -0.2) is 13.4 Å². The molecule has 1 atom stereocenters. The van der Waals surface area contributed by atoms with E-state index in [-0.39, 0.29) is 30.5 Å². The summed E-state index contributed by atoms with van der Waals surface area (Å²) in [5.41, 5.74) is 2.62. The molecule has 0 fully saturated rings. The van der Waals surface area contributed by atoms with Crippen molar-refractivity contribution < 1.29 is 27.8 Å². The van der Waals surface area contributed by atoms with Crippen molar-refractivity contribution in [1.82, 2.24) is 14.2 Å². The molecule has 1 aromatic carbocycles. The first-order chi connectivity index (χ1) is 15.5. The summed E-state index contributed by atoms with van der Waals surface area (Å²) in [6.07, 6.45) is 1.29. The third kappa shape index (κ3) is 3.64. The molecule has 9 nitrogen and oxygen atoms in total. The molecule has 0 saturated heterocycles. The normalized spacial score (nSPS) is 19.2. The third-order valence-electron chi connectivity index (χ3n) is 6.00. The minimum absolute atomic E-state index is 0.0558. The Morgan fingerprint density at radius 3 is 2.44 bits per heavy atom. The number of aromatic nitrogens is 1. The van der Waals surface area contributed by atoms with E-state index in [1.165, 1.54) is 16.6 Å². The summed E-state index contributed by atoms with van der Waals surface area (Å²) in [7, 11) is -3.77. The van der Waals surface area contributed by atoms with E-state index in [4.69, 9.17) is 9.47 Å². The van der Waals surface area contributed by atoms with Crippen LogP contribution in [0.4, 0.5) is 0 Å². The lowest BCUT2D eigenvalue weighted by molar-refractivity contribution is -0.132. The molecule has 3 aliphatic rings. The van der Waals surface area contributed by atoms with Gasteiger partial charge in [0.15, 0.2) is 5.75 Å². The summed E-state index contributed by atoms with van der Waals surface area (Å²) >= 11 is 0. The summed E-state index contributed by atoms with van der Waals surface area (Å²) < 4.78 is 38.5. The predicted octanol–water partition coefficient (Wildman–Crippen LogP) is 0.772. The molecule has 4 heterocycles. The van der Waals surface area contributed by atoms with Gasteiger partial charge in [0.2, 0.25) is 15.9 Å². The minimum Gasteiger partial charge on any atom is -0.484 e. The zero-order valence-electron chi connectivity index (χ0n) is 17.3. The van der Waals surface area contributed by atoms with Crippen LogP contribution < -0.4 is 9.47 Å². The van der Waals surface area contributed by atoms with Gasteiger partial charge in [0.1, 0.15) is 18.1 Å². The summed E-state index contributed by atoms with van der Waals surface area (Å²) in [5, 5.41) is 9.80. The zero-order valence-corrected chi connectivity index (χ0v) is 18.1. The molecular weight excluding hydrogens is 434 g/mol. The number of carbonyl (C=O) groups is 1. The summed E-state index contributed by atoms with van der Waals surface area (Å²) in [5.74, 6) is -0.161. The number of amides is 1. The van der Waals surface area contributed by atoms with Crippen LogP contribution in [0.25, 0.3) is 0 Å². The van der Waals surface area contributed by atoms with Gasteiger partial charge in [0.25, 0.3) is 5.88 Å². The van der Waals surface area contributed by atoms with Crippen molar-refractivity contribution in [3.63, 3.8) is 0 Å². The number of benzene rings is 1. The van der Waals surface area contributed by atoms with Crippen molar-refractivity contribution in [3.8, 4) is 11.6 Å². The van der Waals surface area contributed by atoms with Crippen LogP contribution in [-0.2, 0) is 14.8 Å². The number of hydrogen-bond acceptors (Lipinski definition) is 7. The molecular formula is C22H23N3O6S. The van der Waals surface area contributed by atoms with Crippen LogP contribution in [0.3, 0.4) is 0 Å². The van der Waals surface area contributed by atoms with Crippen molar-refractivity contribution in [1.29, 1.82) is 0 Å². The predicted molar refractivity (Wildman–Crippen MR) is 114 cm³/mol. The number of pyridine rings is 1. The van der Waals surface area contributed by atoms with E-state index in [1.807, 2.05) is 30.3 Å². The van der Waals surface area contributed by atoms with Crippen LogP contribution in [0.15, 0.2) is 58.6 Å². The van der Waals surface area contributed by atoms with E-state index in [9.17, 15) is 18.3 Å². The zero-order chi connectivity index (χ0) is 22.3. The van der Waals surface area contributed by atoms with E-state index in [0.29, 0.717) is 37.9 Å². The summed E-state index contributed by atoms with van der Waals surface area (Å²) in [6.45, 7) is 1.63. The molecule has 10 heteroatoms. The minimum atomic E-state index is -3.77. The first kappa shape index (κ1) is 20.9. The molecule has 0 unspecified atom stereocenters. The number of ether oxygens (including phenoxy) is 2. The highest BCUT2D eigenvalue weighted by Crippen LogP contribution is 2.34. The second kappa shape index (κ2) is 8.19. The molecule has 0 spiro atoms. The van der Waals surface area contributed by atoms with Crippen molar-refractivity contribution in [2.45, 2.75) is 10.8 Å². The molecule has 0 radical (unpaired) electrons. The maximum atomic E-state index is 13.2. The van der Waals surface area contributed by atoms with E-state index in [2.05, 4.69) is 4.98 Å². The Hall–Kier alpha value is -2.95. The van der Waals surface area contributed by atoms with Crippen molar-refractivity contribution in [3.05, 3.63) is 59.3 Å². The molecule has 168 valence electrons. The topological polar surface area (TPSA) is 109 Å². The van der Waals surface area contributed by atoms with Gasteiger partial charge in [-0.15, -0.1) is 0 Å². The van der Waals surface area contributed by atoms with E-state index in [1.54, 1.807) is 4.90 Å². The highest BCUT2D eigenvalue weighted by Gasteiger charge is 2.39. The van der Waals surface area contributed by atoms with Gasteiger partial charge < -0.3 is 19.5 Å². The Bertz CT molecular complexity index is 1160. The number of aliphatic hydroxyl groups excluding tert-OH is 1. The van der Waals surface area contributed by atoms with Gasteiger partial charge in [0, 0.05) is 32.2 Å². The van der Waals surface area contributed by atoms with Crippen LogP contribution in [0, 0.1) is 0 Å². The van der Waals surface area contributed by atoms with Gasteiger partial charge >= 0.3 is 0 Å². The lowest BCUT2D eigenvalue weighted by Gasteiger charge is -2.26. The Labute approximate surface area is 185 Å². The second-order valence-corrected chi connectivity index (χ2v) is 9.93. The quantitative estimate of drug-likeness (QED) is 0.661. The Morgan fingerprint density at radius 2 is 1.75 bits per heavy atom. The number of sulfonamides is 1. The first-order valence-corrected chi connectivity index (χ1v) is 11.8. The van der Waals surface area contributed by atoms with Gasteiger partial charge in [-0.3, -0.25) is 4.79 Å². The molecule has 2 aromatic rings. The third-order valence-corrected chi connectivity index (χ3v) is 7.76. The maximum absolute atomic E-state index is 13.2. The van der Waals surface area contributed by atoms with Crippen LogP contribution in [0.5, 0.6) is 11.6 Å². The Morgan fingerprint density at radius 1 is 1.06 bits per heavy atom. The highest BCUT2D eigenvalue weighted by atomic mass is 32.2. The Kier molecular flexibility index (Phi) is 5.36. The molecule has 1 N–H and O–H groups in total. The van der Waals surface area contributed by atoms with Gasteiger partial charge in [-0.1, -0.05) is 30.3 Å². The lowest BCUT2D eigenvalue weighted by atomic mass is 9.98. The molecule has 0 bridgehead atoms. The highest BCUT2D eigenvalue weighted by molar-refractivity contribution is 7.89. The molecule has 1 amide bonds. The summed E-state index contributed by atoms with van der Waals surface area (Å²) in [6, 6.07) is 10.6. The summed E-state index contributed by atoms with van der Waals surface area (Å²) in [4.78, 5) is 18.8. The van der Waals surface area contributed by atoms with Crippen LogP contribution >= 0.6 is 0 Å². The Balaban J connectivity index is 1.27. The smallest absolute Gasteiger partial charge is 0.257 e. The molecule has 32 heavy (non-hydrogen) atoms. The van der Waals surface area contributed by atoms with E-state index >= 15 is 0 Å². The molecule has 0 saturated carbocycles. The monoisotopic (exact) mass is 457 g/mol. The lowest BCUT2D eigenvalue weighted by Crippen LogP contribution is -2.39. The van der Waals surface area contributed by atoms with Crippen LogP contribution in [0.2, 0.25) is 0 Å². The number of rotatable bonds is 5. The van der Waals surface area contributed by atoms with Crippen molar-refractivity contribution in [2.75, 3.05) is 46.0 Å². The SMILES string of the molecule is O=C([C@@H](CO)c1ccccc1)N1CC2=C(C1)CN(S(=O)(=O)c1cnc3c(c1)OCCO3)C2. The molecule has 3 aliphatic heterocycles. The standard InChI is InChI=1S/C22H23N3O6S/c26-14-19(15-4-2-1-3-5-15)22(27)24-10-16-12-25(13-17(16)11-24)32(28,29)18-8-20-21(23-9-18)31-7-6-30-20/h1-5,8-9,19,26H,6-7,10-14H2/t19-/m0/s1. The van der Waals surface area contributed by atoms with Gasteiger partial charge in [-0.05, 0) is 16.7 Å². The largest absolute Gasteiger partial charge is 0.484 e. The number of carbonyl (C=O) groups excluding carboxylic acids is 1.